The summed E-state index contributed by atoms with van der Waals surface area (Å²) in [4.78, 5) is 10.6. The third kappa shape index (κ3) is 4.60. The third-order valence-electron chi connectivity index (χ3n) is 0.781. The Hall–Kier alpha value is 0.110. The minimum absolute atomic E-state index is 0.0249. The molecule has 0 radical (unpaired) electrons. The standard InChI is InChI=1S/C5H10ClNOS/c1-4(3-6)7-5(8)9-2/h4H,3H2,1-2H3,(H,7,8). The van der Waals surface area contributed by atoms with Crippen LogP contribution >= 0.6 is 23.4 Å². The van der Waals surface area contributed by atoms with Crippen LogP contribution < -0.4 is 5.32 Å². The molecule has 0 aromatic rings. The number of thioether (sulfide) groups is 1. The lowest BCUT2D eigenvalue weighted by molar-refractivity contribution is 0.259. The minimum atomic E-state index is -0.0249. The molecule has 0 saturated carbocycles. The maximum atomic E-state index is 10.6. The first-order valence-corrected chi connectivity index (χ1v) is 4.37. The lowest BCUT2D eigenvalue weighted by Crippen LogP contribution is -2.30. The van der Waals surface area contributed by atoms with Gasteiger partial charge in [0, 0.05) is 11.9 Å². The molecule has 1 unspecified atom stereocenters. The number of rotatable bonds is 2. The van der Waals surface area contributed by atoms with Crippen molar-refractivity contribution in [3.63, 3.8) is 0 Å². The van der Waals surface area contributed by atoms with Crippen LogP contribution in [0.1, 0.15) is 6.92 Å². The predicted molar refractivity (Wildman–Crippen MR) is 42.2 cm³/mol. The van der Waals surface area contributed by atoms with Crippen molar-refractivity contribution in [1.29, 1.82) is 0 Å². The summed E-state index contributed by atoms with van der Waals surface area (Å²) in [5.74, 6) is 0.465. The molecule has 1 amide bonds. The fourth-order valence-electron chi connectivity index (χ4n) is 0.299. The van der Waals surface area contributed by atoms with E-state index in [9.17, 15) is 4.79 Å². The number of alkyl halides is 1. The molecule has 9 heavy (non-hydrogen) atoms. The van der Waals surface area contributed by atoms with Gasteiger partial charge in [-0.25, -0.2) is 0 Å². The van der Waals surface area contributed by atoms with Crippen molar-refractivity contribution in [2.24, 2.45) is 0 Å². The predicted octanol–water partition coefficient (Wildman–Crippen LogP) is 1.69. The van der Waals surface area contributed by atoms with E-state index in [2.05, 4.69) is 5.32 Å². The molecule has 0 heterocycles. The van der Waals surface area contributed by atoms with Crippen LogP contribution in [0.5, 0.6) is 0 Å². The highest BCUT2D eigenvalue weighted by molar-refractivity contribution is 8.12. The third-order valence-corrected chi connectivity index (χ3v) is 1.73. The van der Waals surface area contributed by atoms with E-state index < -0.39 is 0 Å². The molecule has 4 heteroatoms. The summed E-state index contributed by atoms with van der Waals surface area (Å²) < 4.78 is 0. The number of carbonyl (C=O) groups is 1. The van der Waals surface area contributed by atoms with E-state index in [-0.39, 0.29) is 11.3 Å². The van der Waals surface area contributed by atoms with Crippen LogP contribution in [0.15, 0.2) is 0 Å². The lowest BCUT2D eigenvalue weighted by Gasteiger charge is -2.07. The van der Waals surface area contributed by atoms with Crippen molar-refractivity contribution in [2.75, 3.05) is 12.1 Å². The fraction of sp³-hybridized carbons (Fsp3) is 0.800. The maximum Gasteiger partial charge on any atom is 0.279 e. The van der Waals surface area contributed by atoms with Crippen molar-refractivity contribution >= 4 is 28.6 Å². The second-order valence-electron chi connectivity index (χ2n) is 1.69. The quantitative estimate of drug-likeness (QED) is 0.635. The molecule has 0 rings (SSSR count). The van der Waals surface area contributed by atoms with Crippen LogP contribution in [0.2, 0.25) is 0 Å². The number of nitrogens with one attached hydrogen (secondary N) is 1. The largest absolute Gasteiger partial charge is 0.343 e. The van der Waals surface area contributed by atoms with Gasteiger partial charge in [0.25, 0.3) is 5.24 Å². The van der Waals surface area contributed by atoms with E-state index >= 15 is 0 Å². The first-order valence-electron chi connectivity index (χ1n) is 2.61. The molecule has 54 valence electrons. The zero-order chi connectivity index (χ0) is 7.28. The SMILES string of the molecule is CSC(=O)NC(C)CCl. The Morgan fingerprint density at radius 3 is 2.78 bits per heavy atom. The van der Waals surface area contributed by atoms with Crippen molar-refractivity contribution in [3.05, 3.63) is 0 Å². The molecule has 0 fully saturated rings. The van der Waals surface area contributed by atoms with Gasteiger partial charge >= 0.3 is 0 Å². The first-order chi connectivity index (χ1) is 4.20. The zero-order valence-corrected chi connectivity index (χ0v) is 7.05. The molecular weight excluding hydrogens is 158 g/mol. The molecule has 0 aromatic carbocycles. The average molecular weight is 168 g/mol. The van der Waals surface area contributed by atoms with E-state index in [1.165, 1.54) is 0 Å². The van der Waals surface area contributed by atoms with Crippen molar-refractivity contribution < 1.29 is 4.79 Å². The molecule has 1 N–H and O–H groups in total. The summed E-state index contributed by atoms with van der Waals surface area (Å²) in [6.45, 7) is 1.86. The first kappa shape index (κ1) is 9.11. The van der Waals surface area contributed by atoms with Crippen molar-refractivity contribution in [1.82, 2.24) is 5.32 Å². The van der Waals surface area contributed by atoms with E-state index in [1.807, 2.05) is 6.92 Å². The van der Waals surface area contributed by atoms with E-state index in [0.29, 0.717) is 5.88 Å². The van der Waals surface area contributed by atoms with Gasteiger partial charge in [-0.1, -0.05) is 11.8 Å². The van der Waals surface area contributed by atoms with Crippen molar-refractivity contribution in [2.45, 2.75) is 13.0 Å². The second kappa shape index (κ2) is 4.94. The molecule has 0 aliphatic carbocycles. The monoisotopic (exact) mass is 167 g/mol. The van der Waals surface area contributed by atoms with Gasteiger partial charge in [0.15, 0.2) is 0 Å². The molecule has 0 aliphatic heterocycles. The van der Waals surface area contributed by atoms with Crippen LogP contribution in [-0.4, -0.2) is 23.4 Å². The Morgan fingerprint density at radius 2 is 2.44 bits per heavy atom. The van der Waals surface area contributed by atoms with Gasteiger partial charge < -0.3 is 5.32 Å². The zero-order valence-electron chi connectivity index (χ0n) is 5.48. The highest BCUT2D eigenvalue weighted by Gasteiger charge is 2.02. The summed E-state index contributed by atoms with van der Waals surface area (Å²) in [6, 6.07) is 0.0756. The molecule has 0 bridgehead atoms. The Balaban J connectivity index is 3.34. The van der Waals surface area contributed by atoms with Gasteiger partial charge in [0.1, 0.15) is 0 Å². The van der Waals surface area contributed by atoms with E-state index in [0.717, 1.165) is 11.8 Å². The van der Waals surface area contributed by atoms with Gasteiger partial charge in [-0.2, -0.15) is 0 Å². The summed E-state index contributed by atoms with van der Waals surface area (Å²) in [5, 5.41) is 2.65. The Morgan fingerprint density at radius 1 is 1.89 bits per heavy atom. The van der Waals surface area contributed by atoms with Gasteiger partial charge in [-0.3, -0.25) is 4.79 Å². The van der Waals surface area contributed by atoms with Crippen LogP contribution in [-0.2, 0) is 0 Å². The summed E-state index contributed by atoms with van der Waals surface area (Å²) in [6.07, 6.45) is 1.73. The highest BCUT2D eigenvalue weighted by atomic mass is 35.5. The molecule has 1 atom stereocenters. The van der Waals surface area contributed by atoms with E-state index in [4.69, 9.17) is 11.6 Å². The number of carbonyl (C=O) groups excluding carboxylic acids is 1. The Labute approximate surface area is 64.3 Å². The second-order valence-corrected chi connectivity index (χ2v) is 2.78. The Kier molecular flexibility index (Phi) is 5.00. The normalized spacial score (nSPS) is 12.8. The van der Waals surface area contributed by atoms with E-state index in [1.54, 1.807) is 6.26 Å². The van der Waals surface area contributed by atoms with Crippen molar-refractivity contribution in [3.8, 4) is 0 Å². The maximum absolute atomic E-state index is 10.6. The van der Waals surface area contributed by atoms with Gasteiger partial charge in [0.05, 0.1) is 0 Å². The van der Waals surface area contributed by atoms with Gasteiger partial charge in [-0.05, 0) is 13.2 Å². The molecule has 0 aliphatic rings. The Bertz CT molecular complexity index is 99.0. The van der Waals surface area contributed by atoms with Gasteiger partial charge in [0.2, 0.25) is 0 Å². The molecule has 0 aromatic heterocycles. The topological polar surface area (TPSA) is 29.1 Å². The number of hydrogen-bond acceptors (Lipinski definition) is 2. The number of amides is 1. The van der Waals surface area contributed by atoms with Crippen LogP contribution in [0.25, 0.3) is 0 Å². The number of halogens is 1. The smallest absolute Gasteiger partial charge is 0.279 e. The molecule has 0 saturated heterocycles. The highest BCUT2D eigenvalue weighted by Crippen LogP contribution is 1.95. The van der Waals surface area contributed by atoms with Gasteiger partial charge in [-0.15, -0.1) is 11.6 Å². The summed E-state index contributed by atoms with van der Waals surface area (Å²) in [5.41, 5.74) is 0. The molecular formula is C5H10ClNOS. The molecule has 2 nitrogen and oxygen atoms in total. The fourth-order valence-corrected chi connectivity index (χ4v) is 0.695. The molecule has 0 spiro atoms. The van der Waals surface area contributed by atoms with Crippen LogP contribution in [0.3, 0.4) is 0 Å². The number of hydrogen-bond donors (Lipinski definition) is 1. The van der Waals surface area contributed by atoms with Crippen LogP contribution in [0.4, 0.5) is 4.79 Å². The average Bonchev–Trinajstić information content (AvgIpc) is 1.87. The minimum Gasteiger partial charge on any atom is -0.343 e. The van der Waals surface area contributed by atoms with Crippen LogP contribution in [0, 0.1) is 0 Å². The summed E-state index contributed by atoms with van der Waals surface area (Å²) in [7, 11) is 0. The lowest BCUT2D eigenvalue weighted by atomic mass is 10.4. The summed E-state index contributed by atoms with van der Waals surface area (Å²) >= 11 is 6.59.